The number of carbonyl (C=O) groups is 2. The fraction of sp³-hybridized carbons (Fsp3) is 0.263. The van der Waals surface area contributed by atoms with Gasteiger partial charge in [0.2, 0.25) is 12.0 Å². The highest BCUT2D eigenvalue weighted by molar-refractivity contribution is 5.85. The lowest BCUT2D eigenvalue weighted by Gasteiger charge is -2.25. The molecule has 28 heavy (non-hydrogen) atoms. The van der Waals surface area contributed by atoms with E-state index < -0.39 is 36.4 Å². The largest absolute Gasteiger partial charge is 0.485 e. The van der Waals surface area contributed by atoms with Crippen molar-refractivity contribution in [2.75, 3.05) is 6.61 Å². The van der Waals surface area contributed by atoms with Gasteiger partial charge in [-0.05, 0) is 17.7 Å². The lowest BCUT2D eigenvalue weighted by Crippen LogP contribution is -2.51. The molecule has 0 bridgehead atoms. The normalized spacial score (nSPS) is 16.8. The Hall–Kier alpha value is -3.23. The molecule has 2 aromatic carbocycles. The first-order valence-electron chi connectivity index (χ1n) is 8.43. The number of para-hydroxylation sites is 2. The van der Waals surface area contributed by atoms with Crippen LogP contribution in [0.5, 0.6) is 11.5 Å². The van der Waals surface area contributed by atoms with Crippen LogP contribution in [0.25, 0.3) is 0 Å². The van der Waals surface area contributed by atoms with Crippen molar-refractivity contribution in [1.29, 1.82) is 0 Å². The van der Waals surface area contributed by atoms with E-state index in [0.29, 0.717) is 11.5 Å². The lowest BCUT2D eigenvalue weighted by molar-refractivity contribution is -0.157. The standard InChI is InChI=1S/C19H17F3N2O4/c20-19(21,22)13(12-6-2-1-3-7-12)10-17(25)23-24-18(26)16-11-27-14-8-4-5-9-15(14)28-16/h1-9,13,16H,10-11H2,(H,23,25)(H,24,26). The zero-order valence-electron chi connectivity index (χ0n) is 14.5. The minimum Gasteiger partial charge on any atom is -0.485 e. The SMILES string of the molecule is O=C(CC(c1ccccc1)C(F)(F)F)NNC(=O)C1COc2ccccc2O1. The van der Waals surface area contributed by atoms with E-state index >= 15 is 0 Å². The van der Waals surface area contributed by atoms with Gasteiger partial charge in [-0.1, -0.05) is 42.5 Å². The van der Waals surface area contributed by atoms with Gasteiger partial charge in [0.1, 0.15) is 6.61 Å². The molecule has 0 saturated carbocycles. The van der Waals surface area contributed by atoms with Gasteiger partial charge in [0.05, 0.1) is 5.92 Å². The van der Waals surface area contributed by atoms with Gasteiger partial charge in [0.15, 0.2) is 11.5 Å². The van der Waals surface area contributed by atoms with Gasteiger partial charge < -0.3 is 9.47 Å². The second-order valence-electron chi connectivity index (χ2n) is 6.11. The molecule has 9 heteroatoms. The summed E-state index contributed by atoms with van der Waals surface area (Å²) < 4.78 is 50.7. The summed E-state index contributed by atoms with van der Waals surface area (Å²) in [7, 11) is 0. The minimum absolute atomic E-state index is 0.0305. The second kappa shape index (κ2) is 8.20. The van der Waals surface area contributed by atoms with Crippen molar-refractivity contribution in [3.05, 3.63) is 60.2 Å². The Kier molecular flexibility index (Phi) is 5.72. The van der Waals surface area contributed by atoms with Crippen molar-refractivity contribution in [3.8, 4) is 11.5 Å². The Labute approximate surface area is 158 Å². The summed E-state index contributed by atoms with van der Waals surface area (Å²) in [6.45, 7) is -0.0894. The summed E-state index contributed by atoms with van der Waals surface area (Å²) in [5, 5.41) is 0. The summed E-state index contributed by atoms with van der Waals surface area (Å²) in [5.41, 5.74) is 4.05. The zero-order chi connectivity index (χ0) is 20.1. The van der Waals surface area contributed by atoms with Crippen molar-refractivity contribution in [1.82, 2.24) is 10.9 Å². The molecule has 0 aromatic heterocycles. The molecule has 0 fully saturated rings. The number of fused-ring (bicyclic) bond motifs is 1. The van der Waals surface area contributed by atoms with E-state index in [1.165, 1.54) is 24.3 Å². The van der Waals surface area contributed by atoms with E-state index in [1.54, 1.807) is 30.3 Å². The predicted octanol–water partition coefficient (Wildman–Crippen LogP) is 2.71. The van der Waals surface area contributed by atoms with Crippen LogP contribution in [0.1, 0.15) is 17.9 Å². The van der Waals surface area contributed by atoms with Gasteiger partial charge in [0.25, 0.3) is 5.91 Å². The number of nitrogens with one attached hydrogen (secondary N) is 2. The Balaban J connectivity index is 1.55. The predicted molar refractivity (Wildman–Crippen MR) is 92.5 cm³/mol. The Morgan fingerprint density at radius 2 is 1.64 bits per heavy atom. The highest BCUT2D eigenvalue weighted by Crippen LogP contribution is 2.37. The van der Waals surface area contributed by atoms with Crippen LogP contribution >= 0.6 is 0 Å². The molecule has 2 N–H and O–H groups in total. The maximum atomic E-state index is 13.3. The number of benzene rings is 2. The van der Waals surface area contributed by atoms with Crippen LogP contribution < -0.4 is 20.3 Å². The van der Waals surface area contributed by atoms with Crippen molar-refractivity contribution in [2.24, 2.45) is 0 Å². The molecule has 0 saturated heterocycles. The summed E-state index contributed by atoms with van der Waals surface area (Å²) in [5.74, 6) is -2.84. The number of hydrazine groups is 1. The van der Waals surface area contributed by atoms with Gasteiger partial charge in [-0.2, -0.15) is 13.2 Å². The highest BCUT2D eigenvalue weighted by atomic mass is 19.4. The van der Waals surface area contributed by atoms with Crippen LogP contribution in [0.2, 0.25) is 0 Å². The van der Waals surface area contributed by atoms with Crippen molar-refractivity contribution in [3.63, 3.8) is 0 Å². The molecule has 3 rings (SSSR count). The van der Waals surface area contributed by atoms with E-state index in [0.717, 1.165) is 0 Å². The van der Waals surface area contributed by atoms with Gasteiger partial charge in [-0.3, -0.25) is 20.4 Å². The Morgan fingerprint density at radius 1 is 1.00 bits per heavy atom. The molecule has 0 radical (unpaired) electrons. The average molecular weight is 394 g/mol. The fourth-order valence-corrected chi connectivity index (χ4v) is 2.70. The molecule has 1 aliphatic heterocycles. The molecule has 1 aliphatic rings. The first-order chi connectivity index (χ1) is 13.3. The van der Waals surface area contributed by atoms with Crippen LogP contribution in [0.4, 0.5) is 13.2 Å². The van der Waals surface area contributed by atoms with Crippen LogP contribution in [0, 0.1) is 0 Å². The lowest BCUT2D eigenvalue weighted by atomic mass is 9.95. The molecule has 6 nitrogen and oxygen atoms in total. The first-order valence-corrected chi connectivity index (χ1v) is 8.43. The minimum atomic E-state index is -4.60. The number of hydrogen-bond donors (Lipinski definition) is 2. The third-order valence-electron chi connectivity index (χ3n) is 4.11. The molecule has 2 unspecified atom stereocenters. The van der Waals surface area contributed by atoms with E-state index in [4.69, 9.17) is 9.47 Å². The molecule has 2 amide bonds. The quantitative estimate of drug-likeness (QED) is 0.782. The number of ether oxygens (including phenoxy) is 2. The third kappa shape index (κ3) is 4.73. The molecular weight excluding hydrogens is 377 g/mol. The molecule has 148 valence electrons. The van der Waals surface area contributed by atoms with Gasteiger partial charge in [-0.25, -0.2) is 0 Å². The number of hydrogen-bond acceptors (Lipinski definition) is 4. The number of alkyl halides is 3. The Bertz CT molecular complexity index is 843. The molecular formula is C19H17F3N2O4. The maximum Gasteiger partial charge on any atom is 0.396 e. The number of halogens is 3. The average Bonchev–Trinajstić information content (AvgIpc) is 2.69. The van der Waals surface area contributed by atoms with Crippen molar-refractivity contribution >= 4 is 11.8 Å². The number of carbonyl (C=O) groups excluding carboxylic acids is 2. The number of rotatable bonds is 4. The first kappa shape index (κ1) is 19.5. The summed E-state index contributed by atoms with van der Waals surface area (Å²) >= 11 is 0. The second-order valence-corrected chi connectivity index (χ2v) is 6.11. The van der Waals surface area contributed by atoms with Gasteiger partial charge in [0, 0.05) is 6.42 Å². The van der Waals surface area contributed by atoms with Crippen molar-refractivity contribution < 1.29 is 32.2 Å². The summed E-state index contributed by atoms with van der Waals surface area (Å²) in [6.07, 6.45) is -6.51. The van der Waals surface area contributed by atoms with Crippen LogP contribution in [-0.2, 0) is 9.59 Å². The zero-order valence-corrected chi connectivity index (χ0v) is 14.5. The monoisotopic (exact) mass is 394 g/mol. The van der Waals surface area contributed by atoms with Gasteiger partial charge in [-0.15, -0.1) is 0 Å². The topological polar surface area (TPSA) is 76.7 Å². The van der Waals surface area contributed by atoms with E-state index in [1.807, 2.05) is 5.43 Å². The van der Waals surface area contributed by atoms with Crippen molar-refractivity contribution in [2.45, 2.75) is 24.6 Å². The van der Waals surface area contributed by atoms with E-state index in [2.05, 4.69) is 5.43 Å². The number of amides is 2. The third-order valence-corrected chi connectivity index (χ3v) is 4.11. The smallest absolute Gasteiger partial charge is 0.396 e. The Morgan fingerprint density at radius 3 is 2.32 bits per heavy atom. The molecule has 2 aromatic rings. The van der Waals surface area contributed by atoms with Crippen LogP contribution in [0.15, 0.2) is 54.6 Å². The molecule has 2 atom stereocenters. The highest BCUT2D eigenvalue weighted by Gasteiger charge is 2.42. The molecule has 1 heterocycles. The summed E-state index contributed by atoms with van der Waals surface area (Å²) in [6, 6.07) is 13.8. The van der Waals surface area contributed by atoms with E-state index in [-0.39, 0.29) is 12.2 Å². The van der Waals surface area contributed by atoms with E-state index in [9.17, 15) is 22.8 Å². The van der Waals surface area contributed by atoms with Gasteiger partial charge >= 0.3 is 6.18 Å². The van der Waals surface area contributed by atoms with Crippen LogP contribution in [0.3, 0.4) is 0 Å². The van der Waals surface area contributed by atoms with Crippen LogP contribution in [-0.4, -0.2) is 30.7 Å². The molecule has 0 spiro atoms. The molecule has 0 aliphatic carbocycles. The fourth-order valence-electron chi connectivity index (χ4n) is 2.70. The summed E-state index contributed by atoms with van der Waals surface area (Å²) in [4.78, 5) is 24.1. The maximum absolute atomic E-state index is 13.3.